The average molecular weight is 308 g/mol. The van der Waals surface area contributed by atoms with E-state index in [-0.39, 0.29) is 16.7 Å². The summed E-state index contributed by atoms with van der Waals surface area (Å²) < 4.78 is 13.4. The summed E-state index contributed by atoms with van der Waals surface area (Å²) in [6, 6.07) is 8.46. The Bertz CT molecular complexity index is 631. The van der Waals surface area contributed by atoms with Crippen LogP contribution in [0.25, 0.3) is 0 Å². The van der Waals surface area contributed by atoms with Crippen LogP contribution < -0.4 is 10.6 Å². The summed E-state index contributed by atoms with van der Waals surface area (Å²) in [7, 11) is 0. The zero-order chi connectivity index (χ0) is 15.2. The Morgan fingerprint density at radius 3 is 2.67 bits per heavy atom. The van der Waals surface area contributed by atoms with E-state index >= 15 is 0 Å². The fourth-order valence-electron chi connectivity index (χ4n) is 1.71. The van der Waals surface area contributed by atoms with Gasteiger partial charge in [-0.3, -0.25) is 4.79 Å². The number of nitrogens with one attached hydrogen (secondary N) is 2. The SMILES string of the molecule is Cc1ccc(C(=O)NCCNc2ncc(Cl)cc2F)cc1. The van der Waals surface area contributed by atoms with Crippen molar-refractivity contribution in [2.24, 2.45) is 0 Å². The molecule has 0 saturated heterocycles. The molecule has 2 N–H and O–H groups in total. The number of pyridine rings is 1. The van der Waals surface area contributed by atoms with Crippen molar-refractivity contribution in [3.63, 3.8) is 0 Å². The molecule has 0 aliphatic heterocycles. The fraction of sp³-hybridized carbons (Fsp3) is 0.200. The average Bonchev–Trinajstić information content (AvgIpc) is 2.46. The maximum atomic E-state index is 13.4. The molecular weight excluding hydrogens is 293 g/mol. The first-order valence-electron chi connectivity index (χ1n) is 6.46. The van der Waals surface area contributed by atoms with Crippen molar-refractivity contribution < 1.29 is 9.18 Å². The van der Waals surface area contributed by atoms with Gasteiger partial charge in [-0.1, -0.05) is 29.3 Å². The van der Waals surface area contributed by atoms with Crippen molar-refractivity contribution in [3.8, 4) is 0 Å². The van der Waals surface area contributed by atoms with Gasteiger partial charge in [-0.15, -0.1) is 0 Å². The predicted octanol–water partition coefficient (Wildman–Crippen LogP) is 3.02. The zero-order valence-corrected chi connectivity index (χ0v) is 12.2. The molecule has 1 heterocycles. The summed E-state index contributed by atoms with van der Waals surface area (Å²) in [5.74, 6) is -0.572. The third-order valence-electron chi connectivity index (χ3n) is 2.82. The van der Waals surface area contributed by atoms with Crippen LogP contribution in [0.2, 0.25) is 5.02 Å². The molecule has 21 heavy (non-hydrogen) atoms. The minimum Gasteiger partial charge on any atom is -0.366 e. The summed E-state index contributed by atoms with van der Waals surface area (Å²) in [6.45, 7) is 2.68. The molecule has 0 aliphatic carbocycles. The topological polar surface area (TPSA) is 54.0 Å². The lowest BCUT2D eigenvalue weighted by molar-refractivity contribution is 0.0955. The second kappa shape index (κ2) is 7.04. The van der Waals surface area contributed by atoms with Gasteiger partial charge < -0.3 is 10.6 Å². The number of nitrogens with zero attached hydrogens (tertiary/aromatic N) is 1. The van der Waals surface area contributed by atoms with Crippen molar-refractivity contribution in [3.05, 3.63) is 58.5 Å². The molecule has 0 spiro atoms. The van der Waals surface area contributed by atoms with E-state index in [9.17, 15) is 9.18 Å². The molecule has 1 aromatic heterocycles. The number of hydrogen-bond donors (Lipinski definition) is 2. The molecule has 0 bridgehead atoms. The van der Waals surface area contributed by atoms with Crippen LogP contribution >= 0.6 is 11.6 Å². The first kappa shape index (κ1) is 15.3. The van der Waals surface area contributed by atoms with E-state index in [2.05, 4.69) is 15.6 Å². The number of anilines is 1. The predicted molar refractivity (Wildman–Crippen MR) is 81.2 cm³/mol. The number of carbonyl (C=O) groups is 1. The van der Waals surface area contributed by atoms with Gasteiger partial charge in [0, 0.05) is 24.8 Å². The normalized spacial score (nSPS) is 10.2. The molecule has 1 aromatic carbocycles. The molecule has 6 heteroatoms. The quantitative estimate of drug-likeness (QED) is 0.835. The molecule has 0 fully saturated rings. The molecule has 2 aromatic rings. The summed E-state index contributed by atoms with van der Waals surface area (Å²) in [6.07, 6.45) is 1.36. The lowest BCUT2D eigenvalue weighted by Gasteiger charge is -2.08. The number of benzene rings is 1. The number of halogens is 2. The lowest BCUT2D eigenvalue weighted by Crippen LogP contribution is -2.29. The van der Waals surface area contributed by atoms with Crippen molar-refractivity contribution in [1.82, 2.24) is 10.3 Å². The lowest BCUT2D eigenvalue weighted by atomic mass is 10.1. The van der Waals surface area contributed by atoms with E-state index in [1.54, 1.807) is 12.1 Å². The highest BCUT2D eigenvalue weighted by atomic mass is 35.5. The molecule has 0 unspecified atom stereocenters. The van der Waals surface area contributed by atoms with Crippen LogP contribution in [0.4, 0.5) is 10.2 Å². The van der Waals surface area contributed by atoms with E-state index in [0.717, 1.165) is 5.56 Å². The van der Waals surface area contributed by atoms with E-state index < -0.39 is 5.82 Å². The Morgan fingerprint density at radius 2 is 2.00 bits per heavy atom. The smallest absolute Gasteiger partial charge is 0.251 e. The van der Waals surface area contributed by atoms with E-state index in [4.69, 9.17) is 11.6 Å². The standard InChI is InChI=1S/C15H15ClFN3O/c1-10-2-4-11(5-3-10)15(21)19-7-6-18-14-13(17)8-12(16)9-20-14/h2-5,8-9H,6-7H2,1H3,(H,18,20)(H,19,21). The number of amides is 1. The van der Waals surface area contributed by atoms with Gasteiger partial charge in [0.2, 0.25) is 0 Å². The third kappa shape index (κ3) is 4.43. The van der Waals surface area contributed by atoms with Crippen molar-refractivity contribution in [1.29, 1.82) is 0 Å². The Hall–Kier alpha value is -2.14. The highest BCUT2D eigenvalue weighted by molar-refractivity contribution is 6.30. The molecule has 1 amide bonds. The van der Waals surface area contributed by atoms with Gasteiger partial charge in [0.15, 0.2) is 11.6 Å². The molecule has 0 radical (unpaired) electrons. The second-order valence-corrected chi connectivity index (χ2v) is 4.97. The van der Waals surface area contributed by atoms with E-state index in [0.29, 0.717) is 18.7 Å². The number of carbonyl (C=O) groups excluding carboxylic acids is 1. The van der Waals surface area contributed by atoms with Crippen molar-refractivity contribution >= 4 is 23.3 Å². The van der Waals surface area contributed by atoms with Crippen LogP contribution in [0.3, 0.4) is 0 Å². The molecule has 0 aliphatic rings. The van der Waals surface area contributed by atoms with Gasteiger partial charge in [0.1, 0.15) is 0 Å². The number of aromatic nitrogens is 1. The van der Waals surface area contributed by atoms with Gasteiger partial charge in [0.25, 0.3) is 5.91 Å². The number of aryl methyl sites for hydroxylation is 1. The Labute approximate surface area is 127 Å². The van der Waals surface area contributed by atoms with E-state index in [1.807, 2.05) is 19.1 Å². The van der Waals surface area contributed by atoms with Crippen LogP contribution in [0.5, 0.6) is 0 Å². The Morgan fingerprint density at radius 1 is 1.29 bits per heavy atom. The van der Waals surface area contributed by atoms with Gasteiger partial charge >= 0.3 is 0 Å². The van der Waals surface area contributed by atoms with Crippen molar-refractivity contribution in [2.45, 2.75) is 6.92 Å². The third-order valence-corrected chi connectivity index (χ3v) is 3.03. The summed E-state index contributed by atoms with van der Waals surface area (Å²) in [4.78, 5) is 15.7. The molecule has 0 atom stereocenters. The van der Waals surface area contributed by atoms with E-state index in [1.165, 1.54) is 12.3 Å². The Kier molecular flexibility index (Phi) is 5.11. The highest BCUT2D eigenvalue weighted by Gasteiger charge is 2.06. The largest absolute Gasteiger partial charge is 0.366 e. The van der Waals surface area contributed by atoms with Gasteiger partial charge in [-0.2, -0.15) is 0 Å². The molecule has 4 nitrogen and oxygen atoms in total. The summed E-state index contributed by atoms with van der Waals surface area (Å²) >= 11 is 5.61. The first-order chi connectivity index (χ1) is 10.1. The first-order valence-corrected chi connectivity index (χ1v) is 6.84. The summed E-state index contributed by atoms with van der Waals surface area (Å²) in [5, 5.41) is 5.78. The molecule has 2 rings (SSSR count). The minimum absolute atomic E-state index is 0.115. The van der Waals surface area contributed by atoms with Gasteiger partial charge in [0.05, 0.1) is 5.02 Å². The van der Waals surface area contributed by atoms with Crippen LogP contribution in [0, 0.1) is 12.7 Å². The van der Waals surface area contributed by atoms with Crippen LogP contribution in [-0.2, 0) is 0 Å². The number of hydrogen-bond acceptors (Lipinski definition) is 3. The minimum atomic E-state index is -0.521. The molecule has 0 saturated carbocycles. The summed E-state index contributed by atoms with van der Waals surface area (Å²) in [5.41, 5.74) is 1.69. The van der Waals surface area contributed by atoms with Crippen molar-refractivity contribution in [2.75, 3.05) is 18.4 Å². The van der Waals surface area contributed by atoms with Gasteiger partial charge in [-0.05, 0) is 25.1 Å². The monoisotopic (exact) mass is 307 g/mol. The number of rotatable bonds is 5. The second-order valence-electron chi connectivity index (χ2n) is 4.53. The molecular formula is C15H15ClFN3O. The van der Waals surface area contributed by atoms with Gasteiger partial charge in [-0.25, -0.2) is 9.37 Å². The molecule has 110 valence electrons. The van der Waals surface area contributed by atoms with Crippen LogP contribution in [0.1, 0.15) is 15.9 Å². The zero-order valence-electron chi connectivity index (χ0n) is 11.5. The maximum absolute atomic E-state index is 13.4. The van der Waals surface area contributed by atoms with Crippen LogP contribution in [0.15, 0.2) is 36.5 Å². The van der Waals surface area contributed by atoms with Crippen LogP contribution in [-0.4, -0.2) is 24.0 Å². The maximum Gasteiger partial charge on any atom is 0.251 e. The fourth-order valence-corrected chi connectivity index (χ4v) is 1.85. The highest BCUT2D eigenvalue weighted by Crippen LogP contribution is 2.14. The Balaban J connectivity index is 1.79.